The maximum atomic E-state index is 6.14. The zero-order chi connectivity index (χ0) is 12.4. The fraction of sp³-hybridized carbons (Fsp3) is 0.308. The van der Waals surface area contributed by atoms with Gasteiger partial charge in [0.15, 0.2) is 0 Å². The van der Waals surface area contributed by atoms with Crippen molar-refractivity contribution >= 4 is 22.9 Å². The Labute approximate surface area is 110 Å². The average Bonchev–Trinajstić information content (AvgIpc) is 2.80. The normalized spacial score (nSPS) is 10.6. The average molecular weight is 268 g/mol. The van der Waals surface area contributed by atoms with E-state index in [4.69, 9.17) is 16.3 Å². The van der Waals surface area contributed by atoms with Crippen molar-refractivity contribution in [2.24, 2.45) is 0 Å². The molecule has 1 aromatic carbocycles. The molecule has 17 heavy (non-hydrogen) atoms. The van der Waals surface area contributed by atoms with Gasteiger partial charge in [0.1, 0.15) is 5.75 Å². The van der Waals surface area contributed by atoms with Gasteiger partial charge in [0.05, 0.1) is 22.8 Å². The van der Waals surface area contributed by atoms with E-state index in [0.717, 1.165) is 28.2 Å². The largest absolute Gasteiger partial charge is 0.495 e. The molecule has 0 radical (unpaired) electrons. The molecule has 1 heterocycles. The molecular formula is C13H14ClNOS. The first-order valence-corrected chi connectivity index (χ1v) is 6.70. The molecule has 0 unspecified atom stereocenters. The number of rotatable bonds is 3. The Bertz CT molecular complexity index is 536. The molecule has 0 atom stereocenters. The predicted molar refractivity (Wildman–Crippen MR) is 73.2 cm³/mol. The Morgan fingerprint density at radius 1 is 1.41 bits per heavy atom. The van der Waals surface area contributed by atoms with E-state index in [0.29, 0.717) is 10.8 Å². The minimum absolute atomic E-state index is 0.624. The molecule has 0 saturated heterocycles. The summed E-state index contributed by atoms with van der Waals surface area (Å²) in [7, 11) is 1.62. The second-order valence-electron chi connectivity index (χ2n) is 3.78. The fourth-order valence-electron chi connectivity index (χ4n) is 1.68. The molecule has 2 aromatic rings. The Hall–Kier alpha value is -1.06. The van der Waals surface area contributed by atoms with Crippen LogP contribution in [0.15, 0.2) is 17.5 Å². The molecule has 0 N–H and O–H groups in total. The predicted octanol–water partition coefficient (Wildman–Crippen LogP) is 4.34. The van der Waals surface area contributed by atoms with E-state index in [1.807, 2.05) is 19.1 Å². The first-order valence-electron chi connectivity index (χ1n) is 5.44. The standard InChI is InChI=1S/C13H14ClNOS/c1-4-13-15-11(7-17-13)9-6-10(14)12(16-3)5-8(9)2/h5-7H,4H2,1-3H3. The van der Waals surface area contributed by atoms with Gasteiger partial charge in [0, 0.05) is 10.9 Å². The van der Waals surface area contributed by atoms with Gasteiger partial charge >= 0.3 is 0 Å². The van der Waals surface area contributed by atoms with Gasteiger partial charge in [0.2, 0.25) is 0 Å². The highest BCUT2D eigenvalue weighted by atomic mass is 35.5. The number of hydrogen-bond acceptors (Lipinski definition) is 3. The summed E-state index contributed by atoms with van der Waals surface area (Å²) in [5, 5.41) is 3.84. The monoisotopic (exact) mass is 267 g/mol. The van der Waals surface area contributed by atoms with Gasteiger partial charge in [-0.15, -0.1) is 11.3 Å². The van der Waals surface area contributed by atoms with Gasteiger partial charge in [-0.25, -0.2) is 4.98 Å². The first kappa shape index (κ1) is 12.4. The van der Waals surface area contributed by atoms with Crippen molar-refractivity contribution in [3.8, 4) is 17.0 Å². The van der Waals surface area contributed by atoms with Crippen molar-refractivity contribution in [1.82, 2.24) is 4.98 Å². The SMILES string of the molecule is CCc1nc(-c2cc(Cl)c(OC)cc2C)cs1. The zero-order valence-corrected chi connectivity index (χ0v) is 11.7. The molecule has 1 aromatic heterocycles. The van der Waals surface area contributed by atoms with E-state index < -0.39 is 0 Å². The van der Waals surface area contributed by atoms with E-state index in [1.165, 1.54) is 0 Å². The maximum absolute atomic E-state index is 6.14. The number of benzene rings is 1. The maximum Gasteiger partial charge on any atom is 0.137 e. The van der Waals surface area contributed by atoms with Gasteiger partial charge in [-0.2, -0.15) is 0 Å². The van der Waals surface area contributed by atoms with E-state index in [-0.39, 0.29) is 0 Å². The quantitative estimate of drug-likeness (QED) is 0.825. The molecule has 0 amide bonds. The van der Waals surface area contributed by atoms with Crippen LogP contribution >= 0.6 is 22.9 Å². The van der Waals surface area contributed by atoms with Crippen molar-refractivity contribution in [2.45, 2.75) is 20.3 Å². The summed E-state index contributed by atoms with van der Waals surface area (Å²) in [6.07, 6.45) is 0.966. The Morgan fingerprint density at radius 2 is 2.18 bits per heavy atom. The van der Waals surface area contributed by atoms with Crippen molar-refractivity contribution in [2.75, 3.05) is 7.11 Å². The topological polar surface area (TPSA) is 22.1 Å². The van der Waals surface area contributed by atoms with Crippen molar-refractivity contribution in [3.63, 3.8) is 0 Å². The highest BCUT2D eigenvalue weighted by Gasteiger charge is 2.10. The summed E-state index contributed by atoms with van der Waals surface area (Å²) in [6.45, 7) is 4.15. The van der Waals surface area contributed by atoms with Crippen LogP contribution in [-0.2, 0) is 6.42 Å². The number of nitrogens with zero attached hydrogens (tertiary/aromatic N) is 1. The van der Waals surface area contributed by atoms with Crippen LogP contribution in [-0.4, -0.2) is 12.1 Å². The number of thiazole rings is 1. The van der Waals surface area contributed by atoms with Gasteiger partial charge in [0.25, 0.3) is 0 Å². The number of ether oxygens (including phenoxy) is 1. The summed E-state index contributed by atoms with van der Waals surface area (Å²) >= 11 is 7.83. The van der Waals surface area contributed by atoms with Crippen molar-refractivity contribution in [3.05, 3.63) is 33.1 Å². The number of aromatic nitrogens is 1. The van der Waals surface area contributed by atoms with E-state index in [2.05, 4.69) is 17.3 Å². The lowest BCUT2D eigenvalue weighted by atomic mass is 10.1. The van der Waals surface area contributed by atoms with E-state index >= 15 is 0 Å². The molecule has 2 rings (SSSR count). The zero-order valence-electron chi connectivity index (χ0n) is 10.1. The molecular weight excluding hydrogens is 254 g/mol. The lowest BCUT2D eigenvalue weighted by Gasteiger charge is -2.08. The second-order valence-corrected chi connectivity index (χ2v) is 5.13. The molecule has 0 aliphatic rings. The highest BCUT2D eigenvalue weighted by Crippen LogP contribution is 2.33. The Kier molecular flexibility index (Phi) is 3.69. The number of hydrogen-bond donors (Lipinski definition) is 0. The molecule has 0 aliphatic heterocycles. The van der Waals surface area contributed by atoms with Gasteiger partial charge in [-0.05, 0) is 31.0 Å². The van der Waals surface area contributed by atoms with Crippen molar-refractivity contribution < 1.29 is 4.74 Å². The van der Waals surface area contributed by atoms with Crippen LogP contribution in [0.3, 0.4) is 0 Å². The minimum Gasteiger partial charge on any atom is -0.495 e. The molecule has 90 valence electrons. The van der Waals surface area contributed by atoms with E-state index in [9.17, 15) is 0 Å². The lowest BCUT2D eigenvalue weighted by Crippen LogP contribution is -1.89. The van der Waals surface area contributed by atoms with Crippen LogP contribution in [0.5, 0.6) is 5.75 Å². The lowest BCUT2D eigenvalue weighted by molar-refractivity contribution is 0.415. The number of methoxy groups -OCH3 is 1. The molecule has 0 spiro atoms. The van der Waals surface area contributed by atoms with Crippen LogP contribution in [0, 0.1) is 6.92 Å². The summed E-state index contributed by atoms with van der Waals surface area (Å²) in [5.74, 6) is 0.707. The summed E-state index contributed by atoms with van der Waals surface area (Å²) in [4.78, 5) is 4.58. The molecule has 0 saturated carbocycles. The van der Waals surface area contributed by atoms with Crippen LogP contribution in [0.4, 0.5) is 0 Å². The summed E-state index contributed by atoms with van der Waals surface area (Å²) < 4.78 is 5.19. The van der Waals surface area contributed by atoms with Gasteiger partial charge < -0.3 is 4.74 Å². The number of aryl methyl sites for hydroxylation is 2. The fourth-order valence-corrected chi connectivity index (χ4v) is 2.67. The molecule has 4 heteroatoms. The summed E-state index contributed by atoms with van der Waals surface area (Å²) in [6, 6.07) is 3.87. The third-order valence-corrected chi connectivity index (χ3v) is 3.92. The van der Waals surface area contributed by atoms with Gasteiger partial charge in [-0.3, -0.25) is 0 Å². The van der Waals surface area contributed by atoms with Crippen LogP contribution in [0.1, 0.15) is 17.5 Å². The molecule has 0 aliphatic carbocycles. The Morgan fingerprint density at radius 3 is 2.76 bits per heavy atom. The number of halogens is 1. The van der Waals surface area contributed by atoms with Crippen LogP contribution in [0.2, 0.25) is 5.02 Å². The minimum atomic E-state index is 0.624. The molecule has 2 nitrogen and oxygen atoms in total. The third kappa shape index (κ3) is 2.45. The first-order chi connectivity index (χ1) is 8.15. The van der Waals surface area contributed by atoms with Crippen LogP contribution < -0.4 is 4.74 Å². The van der Waals surface area contributed by atoms with E-state index in [1.54, 1.807) is 18.4 Å². The van der Waals surface area contributed by atoms with Gasteiger partial charge in [-0.1, -0.05) is 18.5 Å². The molecule has 0 bridgehead atoms. The Balaban J connectivity index is 2.48. The second kappa shape index (κ2) is 5.07. The summed E-state index contributed by atoms with van der Waals surface area (Å²) in [5.41, 5.74) is 3.19. The highest BCUT2D eigenvalue weighted by molar-refractivity contribution is 7.09. The third-order valence-electron chi connectivity index (χ3n) is 2.63. The van der Waals surface area contributed by atoms with Crippen LogP contribution in [0.25, 0.3) is 11.3 Å². The van der Waals surface area contributed by atoms with Crippen molar-refractivity contribution in [1.29, 1.82) is 0 Å². The molecule has 0 fully saturated rings. The smallest absolute Gasteiger partial charge is 0.137 e.